The van der Waals surface area contributed by atoms with Crippen LogP contribution < -0.4 is 16.0 Å². The molecule has 1 fully saturated rings. The Morgan fingerprint density at radius 1 is 1.27 bits per heavy atom. The number of hydrogen-bond donors (Lipinski definition) is 3. The van der Waals surface area contributed by atoms with Crippen molar-refractivity contribution in [2.45, 2.75) is 39.8 Å². The summed E-state index contributed by atoms with van der Waals surface area (Å²) in [6.45, 7) is 10.8. The van der Waals surface area contributed by atoms with Crippen LogP contribution >= 0.6 is 0 Å². The van der Waals surface area contributed by atoms with Crippen molar-refractivity contribution in [3.05, 3.63) is 35.4 Å². The first kappa shape index (κ1) is 19.8. The molecule has 1 aromatic rings. The molecular weight excluding hydrogens is 330 g/mol. The Bertz CT molecular complexity index is 662. The minimum Gasteiger partial charge on any atom is -0.357 e. The molecule has 0 bridgehead atoms. The number of aliphatic imine (C=N–C) groups is 1. The second-order valence-corrected chi connectivity index (χ2v) is 7.34. The summed E-state index contributed by atoms with van der Waals surface area (Å²) in [5.41, 5.74) is 1.54. The van der Waals surface area contributed by atoms with E-state index in [1.165, 1.54) is 0 Å². The third-order valence-corrected chi connectivity index (χ3v) is 3.78. The van der Waals surface area contributed by atoms with Crippen LogP contribution in [0.25, 0.3) is 0 Å². The number of nitrogens with one attached hydrogen (secondary N) is 3. The van der Waals surface area contributed by atoms with Crippen LogP contribution in [-0.4, -0.2) is 54.4 Å². The topological polar surface area (TPSA) is 85.8 Å². The first-order valence-corrected chi connectivity index (χ1v) is 9.00. The van der Waals surface area contributed by atoms with E-state index < -0.39 is 0 Å². The first-order valence-electron chi connectivity index (χ1n) is 9.00. The summed E-state index contributed by atoms with van der Waals surface area (Å²) < 4.78 is 0. The zero-order valence-electron chi connectivity index (χ0n) is 16.1. The van der Waals surface area contributed by atoms with Crippen LogP contribution in [0.3, 0.4) is 0 Å². The summed E-state index contributed by atoms with van der Waals surface area (Å²) in [4.78, 5) is 30.1. The first-order chi connectivity index (χ1) is 12.3. The molecule has 0 unspecified atom stereocenters. The Hall–Kier alpha value is -2.57. The number of amides is 2. The molecule has 1 saturated heterocycles. The highest BCUT2D eigenvalue weighted by Crippen LogP contribution is 2.10. The van der Waals surface area contributed by atoms with Crippen molar-refractivity contribution in [3.63, 3.8) is 0 Å². The predicted molar refractivity (Wildman–Crippen MR) is 103 cm³/mol. The van der Waals surface area contributed by atoms with E-state index in [1.54, 1.807) is 17.0 Å². The van der Waals surface area contributed by atoms with E-state index in [0.717, 1.165) is 18.1 Å². The maximum absolute atomic E-state index is 12.5. The van der Waals surface area contributed by atoms with Gasteiger partial charge in [0.15, 0.2) is 5.96 Å². The quantitative estimate of drug-likeness (QED) is 0.555. The molecule has 2 rings (SSSR count). The van der Waals surface area contributed by atoms with Gasteiger partial charge in [-0.15, -0.1) is 0 Å². The lowest BCUT2D eigenvalue weighted by Crippen LogP contribution is -2.49. The molecule has 1 aromatic carbocycles. The van der Waals surface area contributed by atoms with Crippen LogP contribution in [0.15, 0.2) is 29.3 Å². The molecule has 0 spiro atoms. The van der Waals surface area contributed by atoms with Crippen molar-refractivity contribution < 1.29 is 9.59 Å². The van der Waals surface area contributed by atoms with Gasteiger partial charge in [0.05, 0.1) is 13.1 Å². The van der Waals surface area contributed by atoms with Crippen molar-refractivity contribution in [3.8, 4) is 0 Å². The van der Waals surface area contributed by atoms with Crippen molar-refractivity contribution in [1.29, 1.82) is 0 Å². The summed E-state index contributed by atoms with van der Waals surface area (Å²) in [5, 5.41) is 9.29. The van der Waals surface area contributed by atoms with Crippen molar-refractivity contribution >= 4 is 17.8 Å². The summed E-state index contributed by atoms with van der Waals surface area (Å²) in [7, 11) is 0. The molecule has 26 heavy (non-hydrogen) atoms. The van der Waals surface area contributed by atoms with Crippen LogP contribution in [0.1, 0.15) is 43.6 Å². The summed E-state index contributed by atoms with van der Waals surface area (Å²) >= 11 is 0. The maximum atomic E-state index is 12.5. The number of guanidine groups is 1. The third-order valence-electron chi connectivity index (χ3n) is 3.78. The number of nitrogens with zero attached hydrogens (tertiary/aromatic N) is 2. The molecule has 7 nitrogen and oxygen atoms in total. The Balaban J connectivity index is 2.00. The third kappa shape index (κ3) is 6.06. The normalized spacial score (nSPS) is 15.5. The maximum Gasteiger partial charge on any atom is 0.254 e. The number of piperazine rings is 1. The highest BCUT2D eigenvalue weighted by atomic mass is 16.2. The van der Waals surface area contributed by atoms with Gasteiger partial charge in [-0.25, -0.2) is 4.99 Å². The average Bonchev–Trinajstić information content (AvgIpc) is 2.58. The highest BCUT2D eigenvalue weighted by Gasteiger charge is 2.22. The molecule has 3 N–H and O–H groups in total. The zero-order valence-corrected chi connectivity index (χ0v) is 16.1. The van der Waals surface area contributed by atoms with Crippen molar-refractivity contribution in [2.24, 2.45) is 4.99 Å². The average molecular weight is 359 g/mol. The van der Waals surface area contributed by atoms with Crippen molar-refractivity contribution in [1.82, 2.24) is 20.9 Å². The highest BCUT2D eigenvalue weighted by molar-refractivity contribution is 5.97. The number of carbonyl (C=O) groups is 2. The lowest BCUT2D eigenvalue weighted by molar-refractivity contribution is -0.123. The second kappa shape index (κ2) is 8.69. The van der Waals surface area contributed by atoms with Gasteiger partial charge in [-0.1, -0.05) is 12.1 Å². The monoisotopic (exact) mass is 359 g/mol. The Labute approximate surface area is 155 Å². The van der Waals surface area contributed by atoms with Gasteiger partial charge in [-0.2, -0.15) is 0 Å². The number of carbonyl (C=O) groups excluding carboxylic acids is 2. The SMILES string of the molecule is CCNC(=NCc1ccc(C(=O)N2CCNC(=O)C2)cc1)NC(C)(C)C. The van der Waals surface area contributed by atoms with Gasteiger partial charge in [-0.3, -0.25) is 9.59 Å². The number of rotatable bonds is 4. The summed E-state index contributed by atoms with van der Waals surface area (Å²) in [6.07, 6.45) is 0. The summed E-state index contributed by atoms with van der Waals surface area (Å²) in [6, 6.07) is 7.40. The fourth-order valence-corrected chi connectivity index (χ4v) is 2.58. The molecule has 0 radical (unpaired) electrons. The number of benzene rings is 1. The van der Waals surface area contributed by atoms with E-state index in [4.69, 9.17) is 0 Å². The minimum atomic E-state index is -0.113. The predicted octanol–water partition coefficient (Wildman–Crippen LogP) is 1.11. The van der Waals surface area contributed by atoms with Crippen LogP contribution in [0.5, 0.6) is 0 Å². The molecular formula is C19H29N5O2. The summed E-state index contributed by atoms with van der Waals surface area (Å²) in [5.74, 6) is 0.537. The van der Waals surface area contributed by atoms with E-state index in [9.17, 15) is 9.59 Å². The van der Waals surface area contributed by atoms with E-state index in [2.05, 4.69) is 41.7 Å². The molecule has 0 aromatic heterocycles. The van der Waals surface area contributed by atoms with Gasteiger partial charge >= 0.3 is 0 Å². The Morgan fingerprint density at radius 2 is 1.96 bits per heavy atom. The van der Waals surface area contributed by atoms with Gasteiger partial charge in [0.25, 0.3) is 5.91 Å². The van der Waals surface area contributed by atoms with Gasteiger partial charge in [0.2, 0.25) is 5.91 Å². The Kier molecular flexibility index (Phi) is 6.60. The van der Waals surface area contributed by atoms with E-state index in [-0.39, 0.29) is 23.9 Å². The van der Waals surface area contributed by atoms with E-state index in [1.807, 2.05) is 19.1 Å². The molecule has 1 aliphatic rings. The zero-order chi connectivity index (χ0) is 19.2. The molecule has 1 heterocycles. The lowest BCUT2D eigenvalue weighted by atomic mass is 10.1. The fraction of sp³-hybridized carbons (Fsp3) is 0.526. The minimum absolute atomic E-state index is 0.0714. The second-order valence-electron chi connectivity index (χ2n) is 7.34. The lowest BCUT2D eigenvalue weighted by Gasteiger charge is -2.26. The van der Waals surface area contributed by atoms with Gasteiger partial charge in [0, 0.05) is 30.7 Å². The van der Waals surface area contributed by atoms with Crippen LogP contribution in [0, 0.1) is 0 Å². The molecule has 7 heteroatoms. The standard InChI is InChI=1S/C19H29N5O2/c1-5-20-18(23-19(2,3)4)22-12-14-6-8-15(9-7-14)17(26)24-11-10-21-16(25)13-24/h6-9H,5,10-13H2,1-4H3,(H,21,25)(H2,20,22,23). The van der Waals surface area contributed by atoms with Gasteiger partial charge < -0.3 is 20.9 Å². The van der Waals surface area contributed by atoms with E-state index >= 15 is 0 Å². The van der Waals surface area contributed by atoms with E-state index in [0.29, 0.717) is 25.2 Å². The van der Waals surface area contributed by atoms with Gasteiger partial charge in [0.1, 0.15) is 0 Å². The van der Waals surface area contributed by atoms with Gasteiger partial charge in [-0.05, 0) is 45.4 Å². The largest absolute Gasteiger partial charge is 0.357 e. The smallest absolute Gasteiger partial charge is 0.254 e. The molecule has 2 amide bonds. The molecule has 0 saturated carbocycles. The van der Waals surface area contributed by atoms with Crippen LogP contribution in [0.4, 0.5) is 0 Å². The van der Waals surface area contributed by atoms with Crippen LogP contribution in [-0.2, 0) is 11.3 Å². The molecule has 0 atom stereocenters. The fourth-order valence-electron chi connectivity index (χ4n) is 2.58. The van der Waals surface area contributed by atoms with Crippen molar-refractivity contribution in [2.75, 3.05) is 26.2 Å². The molecule has 142 valence electrons. The Morgan fingerprint density at radius 3 is 2.54 bits per heavy atom. The molecule has 1 aliphatic heterocycles. The van der Waals surface area contributed by atoms with Crippen LogP contribution in [0.2, 0.25) is 0 Å². The number of hydrogen-bond acceptors (Lipinski definition) is 3. The molecule has 0 aliphatic carbocycles.